The molecule has 0 heterocycles. The number of hydrogen-bond acceptors (Lipinski definition) is 0. The fourth-order valence-corrected chi connectivity index (χ4v) is 2.58. The molecular formula is C17H23Cl2Ti-. The van der Waals surface area contributed by atoms with Crippen molar-refractivity contribution in [2.75, 3.05) is 0 Å². The van der Waals surface area contributed by atoms with E-state index in [9.17, 15) is 0 Å². The van der Waals surface area contributed by atoms with Crippen LogP contribution < -0.4 is 0 Å². The van der Waals surface area contributed by atoms with E-state index < -0.39 is 17.0 Å². The Balaban J connectivity index is 0.000000612. The molecular weight excluding hydrogens is 323 g/mol. The molecule has 2 aromatic carbocycles. The van der Waals surface area contributed by atoms with Gasteiger partial charge in [-0.05, 0) is 6.42 Å². The third-order valence-electron chi connectivity index (χ3n) is 3.58. The summed E-state index contributed by atoms with van der Waals surface area (Å²) in [6, 6.07) is 11.3. The molecule has 110 valence electrons. The molecule has 0 saturated carbocycles. The van der Waals surface area contributed by atoms with E-state index >= 15 is 0 Å². The van der Waals surface area contributed by atoms with Crippen molar-refractivity contribution in [2.24, 2.45) is 0 Å². The summed E-state index contributed by atoms with van der Waals surface area (Å²) >= 11 is -0.556. The minimum absolute atomic E-state index is 0.556. The van der Waals surface area contributed by atoms with Gasteiger partial charge in [0.25, 0.3) is 0 Å². The van der Waals surface area contributed by atoms with Gasteiger partial charge in [0.15, 0.2) is 0 Å². The molecule has 0 atom stereocenters. The molecule has 0 bridgehead atoms. The van der Waals surface area contributed by atoms with Gasteiger partial charge in [-0.25, -0.2) is 0 Å². The van der Waals surface area contributed by atoms with Gasteiger partial charge in [0.2, 0.25) is 0 Å². The summed E-state index contributed by atoms with van der Waals surface area (Å²) in [5, 5.41) is 2.93. The monoisotopic (exact) mass is 345 g/mol. The van der Waals surface area contributed by atoms with Crippen LogP contribution in [-0.4, -0.2) is 0 Å². The Labute approximate surface area is 139 Å². The zero-order valence-corrected chi connectivity index (χ0v) is 15.5. The van der Waals surface area contributed by atoms with Crippen molar-refractivity contribution >= 4 is 29.4 Å². The number of halogens is 2. The van der Waals surface area contributed by atoms with E-state index in [1.165, 1.54) is 49.3 Å². The van der Waals surface area contributed by atoms with Gasteiger partial charge in [-0.15, -0.1) is 40.1 Å². The molecule has 0 spiro atoms. The standard InChI is InChI=1S/C17H23.2ClH.Ti/c1-3-5-9-14-13-15-10-7-8-12-17(15)16(14)11-6-4-2;;;/h7-8,10,12-13H,3-6,9,11H2,1-2H3;2*1H;/q-1;;;+2/p-2. The zero-order valence-electron chi connectivity index (χ0n) is 12.4. The van der Waals surface area contributed by atoms with Crippen LogP contribution in [0.3, 0.4) is 0 Å². The van der Waals surface area contributed by atoms with E-state index in [1.54, 1.807) is 11.1 Å². The molecule has 0 aliphatic carbocycles. The third-order valence-corrected chi connectivity index (χ3v) is 3.58. The molecule has 0 saturated heterocycles. The Morgan fingerprint density at radius 2 is 1.70 bits per heavy atom. The number of rotatable bonds is 6. The van der Waals surface area contributed by atoms with E-state index in [1.807, 2.05) is 0 Å². The second-order valence-electron chi connectivity index (χ2n) is 5.01. The molecule has 20 heavy (non-hydrogen) atoms. The Morgan fingerprint density at radius 3 is 2.35 bits per heavy atom. The quantitative estimate of drug-likeness (QED) is 0.407. The van der Waals surface area contributed by atoms with Crippen molar-refractivity contribution in [3.8, 4) is 0 Å². The molecule has 0 unspecified atom stereocenters. The van der Waals surface area contributed by atoms with Gasteiger partial charge in [-0.2, -0.15) is 6.07 Å². The summed E-state index contributed by atoms with van der Waals surface area (Å²) in [4.78, 5) is 0. The van der Waals surface area contributed by atoms with Gasteiger partial charge in [-0.1, -0.05) is 52.0 Å². The van der Waals surface area contributed by atoms with Crippen molar-refractivity contribution < 1.29 is 17.0 Å². The molecule has 0 amide bonds. The Bertz CT molecular complexity index is 491. The summed E-state index contributed by atoms with van der Waals surface area (Å²) in [5.74, 6) is 0. The third kappa shape index (κ3) is 5.49. The zero-order chi connectivity index (χ0) is 14.8. The maximum atomic E-state index is 4.89. The summed E-state index contributed by atoms with van der Waals surface area (Å²) < 4.78 is 0. The van der Waals surface area contributed by atoms with Crippen LogP contribution in [0, 0.1) is 0 Å². The van der Waals surface area contributed by atoms with Crippen molar-refractivity contribution in [1.82, 2.24) is 0 Å². The first-order valence-electron chi connectivity index (χ1n) is 7.40. The number of unbranched alkanes of at least 4 members (excludes halogenated alkanes) is 2. The Hall–Kier alpha value is 0.124. The van der Waals surface area contributed by atoms with Crippen LogP contribution in [0.5, 0.6) is 0 Å². The van der Waals surface area contributed by atoms with Gasteiger partial charge in [-0.3, -0.25) is 0 Å². The number of fused-ring (bicyclic) bond motifs is 1. The first-order valence-corrected chi connectivity index (χ1v) is 11.7. The second-order valence-corrected chi connectivity index (χ2v) is 7.59. The molecule has 2 rings (SSSR count). The van der Waals surface area contributed by atoms with Gasteiger partial charge in [0.05, 0.1) is 0 Å². The first-order chi connectivity index (χ1) is 9.78. The average molecular weight is 346 g/mol. The summed E-state index contributed by atoms with van der Waals surface area (Å²) in [7, 11) is 9.78. The van der Waals surface area contributed by atoms with E-state index in [-0.39, 0.29) is 0 Å². The molecule has 0 nitrogen and oxygen atoms in total. The molecule has 0 aliphatic heterocycles. The van der Waals surface area contributed by atoms with Crippen LogP contribution >= 0.6 is 18.6 Å². The maximum absolute atomic E-state index is 4.89. The fraction of sp³-hybridized carbons (Fsp3) is 0.471. The summed E-state index contributed by atoms with van der Waals surface area (Å²) in [6.07, 6.45) is 7.71. The first kappa shape index (κ1) is 18.2. The van der Waals surface area contributed by atoms with Crippen molar-refractivity contribution in [2.45, 2.75) is 52.4 Å². The Morgan fingerprint density at radius 1 is 1.05 bits per heavy atom. The second kappa shape index (κ2) is 10.8. The summed E-state index contributed by atoms with van der Waals surface area (Å²) in [6.45, 7) is 4.55. The predicted molar refractivity (Wildman–Crippen MR) is 88.5 cm³/mol. The predicted octanol–water partition coefficient (Wildman–Crippen LogP) is 6.62. The molecule has 0 N–H and O–H groups in total. The van der Waals surface area contributed by atoms with Crippen LogP contribution in [0.25, 0.3) is 10.8 Å². The van der Waals surface area contributed by atoms with Gasteiger partial charge >= 0.3 is 35.6 Å². The van der Waals surface area contributed by atoms with Crippen LogP contribution in [0.4, 0.5) is 0 Å². The summed E-state index contributed by atoms with van der Waals surface area (Å²) in [5.41, 5.74) is 3.22. The Kier molecular flexibility index (Phi) is 9.81. The number of aryl methyl sites for hydroxylation is 2. The van der Waals surface area contributed by atoms with E-state index in [4.69, 9.17) is 18.6 Å². The van der Waals surface area contributed by atoms with Crippen LogP contribution in [0.2, 0.25) is 0 Å². The topological polar surface area (TPSA) is 0 Å². The number of benzene rings is 1. The van der Waals surface area contributed by atoms with E-state index in [2.05, 4.69) is 44.2 Å². The molecule has 0 fully saturated rings. The van der Waals surface area contributed by atoms with E-state index in [0.29, 0.717) is 0 Å². The van der Waals surface area contributed by atoms with Gasteiger partial charge < -0.3 is 0 Å². The van der Waals surface area contributed by atoms with Gasteiger partial charge in [0, 0.05) is 0 Å². The molecule has 3 heteroatoms. The minimum atomic E-state index is -0.556. The fourth-order valence-electron chi connectivity index (χ4n) is 2.58. The van der Waals surface area contributed by atoms with Crippen LogP contribution in [0.1, 0.15) is 50.7 Å². The molecule has 0 aromatic heterocycles. The van der Waals surface area contributed by atoms with Gasteiger partial charge in [0.1, 0.15) is 0 Å². The van der Waals surface area contributed by atoms with Crippen molar-refractivity contribution in [1.29, 1.82) is 0 Å². The molecule has 0 aliphatic rings. The van der Waals surface area contributed by atoms with Crippen LogP contribution in [-0.2, 0) is 29.9 Å². The number of hydrogen-bond donors (Lipinski definition) is 0. The normalized spacial score (nSPS) is 10.2. The van der Waals surface area contributed by atoms with Crippen molar-refractivity contribution in [3.63, 3.8) is 0 Å². The van der Waals surface area contributed by atoms with E-state index in [0.717, 1.165) is 0 Å². The molecule has 2 aromatic rings. The van der Waals surface area contributed by atoms with Crippen molar-refractivity contribution in [3.05, 3.63) is 41.5 Å². The average Bonchev–Trinajstić information content (AvgIpc) is 2.81. The SMILES string of the molecule is CCCCc1cc2ccccc2[c-]1CCCC.[Cl][Ti][Cl]. The van der Waals surface area contributed by atoms with Crippen LogP contribution in [0.15, 0.2) is 30.3 Å². The molecule has 0 radical (unpaired) electrons.